The van der Waals surface area contributed by atoms with Crippen molar-refractivity contribution in [3.8, 4) is 0 Å². The summed E-state index contributed by atoms with van der Waals surface area (Å²) in [4.78, 5) is 27.4. The summed E-state index contributed by atoms with van der Waals surface area (Å²) in [5.74, 6) is -0.182. The van der Waals surface area contributed by atoms with Gasteiger partial charge in [0.15, 0.2) is 5.69 Å². The van der Waals surface area contributed by atoms with E-state index in [1.54, 1.807) is 4.90 Å². The summed E-state index contributed by atoms with van der Waals surface area (Å²) in [7, 11) is 0. The monoisotopic (exact) mass is 455 g/mol. The van der Waals surface area contributed by atoms with E-state index in [1.165, 1.54) is 6.92 Å². The Morgan fingerprint density at radius 2 is 1.77 bits per heavy atom. The number of rotatable bonds is 6. The zero-order valence-electron chi connectivity index (χ0n) is 17.5. The van der Waals surface area contributed by atoms with Gasteiger partial charge in [-0.1, -0.05) is 48.9 Å². The quantitative estimate of drug-likeness (QED) is 0.629. The SMILES string of the molecule is CCCC(=O)C1(c2ccccc2)CCN(C(=O)Cn2nc(C(F)(F)F)c(Cl)c2C)CC1. The Bertz CT molecular complexity index is 949. The lowest BCUT2D eigenvalue weighted by atomic mass is 9.68. The fourth-order valence-corrected chi connectivity index (χ4v) is 4.42. The summed E-state index contributed by atoms with van der Waals surface area (Å²) in [6, 6.07) is 9.58. The number of carbonyl (C=O) groups excluding carboxylic acids is 2. The van der Waals surface area contributed by atoms with E-state index in [1.807, 2.05) is 37.3 Å². The maximum absolute atomic E-state index is 13.0. The second-order valence-corrected chi connectivity index (χ2v) is 8.28. The summed E-state index contributed by atoms with van der Waals surface area (Å²) >= 11 is 5.77. The molecular formula is C22H25ClF3N3O2. The number of amides is 1. The molecule has 2 heterocycles. The highest BCUT2D eigenvalue weighted by Gasteiger charge is 2.43. The fraction of sp³-hybridized carbons (Fsp3) is 0.500. The lowest BCUT2D eigenvalue weighted by Crippen LogP contribution is -2.49. The summed E-state index contributed by atoms with van der Waals surface area (Å²) in [5.41, 5.74) is -0.782. The fourth-order valence-electron chi connectivity index (χ4n) is 4.18. The molecule has 1 saturated heterocycles. The molecule has 0 bridgehead atoms. The maximum Gasteiger partial charge on any atom is 0.436 e. The van der Waals surface area contributed by atoms with Crippen LogP contribution in [0.1, 0.15) is 49.6 Å². The lowest BCUT2D eigenvalue weighted by molar-refractivity contribution is -0.142. The van der Waals surface area contributed by atoms with Crippen LogP contribution < -0.4 is 0 Å². The van der Waals surface area contributed by atoms with E-state index in [9.17, 15) is 22.8 Å². The molecule has 0 radical (unpaired) electrons. The topological polar surface area (TPSA) is 55.2 Å². The van der Waals surface area contributed by atoms with Gasteiger partial charge in [-0.15, -0.1) is 0 Å². The van der Waals surface area contributed by atoms with Crippen molar-refractivity contribution >= 4 is 23.3 Å². The van der Waals surface area contributed by atoms with Crippen molar-refractivity contribution in [3.63, 3.8) is 0 Å². The van der Waals surface area contributed by atoms with Gasteiger partial charge in [-0.2, -0.15) is 18.3 Å². The van der Waals surface area contributed by atoms with E-state index in [-0.39, 0.29) is 23.9 Å². The number of hydrogen-bond donors (Lipinski definition) is 0. The smallest absolute Gasteiger partial charge is 0.341 e. The van der Waals surface area contributed by atoms with Crippen molar-refractivity contribution in [3.05, 3.63) is 52.3 Å². The molecule has 0 N–H and O–H groups in total. The number of piperidine rings is 1. The number of ketones is 1. The number of alkyl halides is 3. The highest BCUT2D eigenvalue weighted by atomic mass is 35.5. The second kappa shape index (κ2) is 9.02. The van der Waals surface area contributed by atoms with E-state index in [2.05, 4.69) is 5.10 Å². The van der Waals surface area contributed by atoms with E-state index in [4.69, 9.17) is 11.6 Å². The third-order valence-electron chi connectivity index (χ3n) is 5.99. The minimum atomic E-state index is -4.68. The summed E-state index contributed by atoms with van der Waals surface area (Å²) < 4.78 is 40.1. The van der Waals surface area contributed by atoms with Crippen molar-refractivity contribution in [2.45, 2.75) is 57.7 Å². The van der Waals surface area contributed by atoms with Crippen molar-refractivity contribution in [1.29, 1.82) is 0 Å². The van der Waals surface area contributed by atoms with Crippen molar-refractivity contribution < 1.29 is 22.8 Å². The number of nitrogens with zero attached hydrogens (tertiary/aromatic N) is 3. The molecule has 0 spiro atoms. The van der Waals surface area contributed by atoms with Gasteiger partial charge < -0.3 is 4.90 Å². The molecule has 2 aromatic rings. The van der Waals surface area contributed by atoms with Crippen molar-refractivity contribution in [2.24, 2.45) is 0 Å². The van der Waals surface area contributed by atoms with Crippen LogP contribution in [0, 0.1) is 6.92 Å². The van der Waals surface area contributed by atoms with E-state index >= 15 is 0 Å². The minimum absolute atomic E-state index is 0.0936. The average molecular weight is 456 g/mol. The Hall–Kier alpha value is -2.35. The van der Waals surface area contributed by atoms with E-state index in [0.29, 0.717) is 32.4 Å². The first kappa shape index (κ1) is 23.3. The molecular weight excluding hydrogens is 431 g/mol. The minimum Gasteiger partial charge on any atom is -0.341 e. The molecule has 168 valence electrons. The molecule has 0 saturated carbocycles. The standard InChI is InChI=1S/C22H25ClF3N3O2/c1-3-7-17(30)21(16-8-5-4-6-9-16)10-12-28(13-11-21)18(31)14-29-15(2)19(23)20(27-29)22(24,25)26/h4-6,8-9H,3,7,10-14H2,1-2H3. The largest absolute Gasteiger partial charge is 0.436 e. The lowest BCUT2D eigenvalue weighted by Gasteiger charge is -2.41. The molecule has 1 aromatic heterocycles. The molecule has 3 rings (SSSR count). The van der Waals surface area contributed by atoms with Gasteiger partial charge in [-0.05, 0) is 31.7 Å². The second-order valence-electron chi connectivity index (χ2n) is 7.91. The molecule has 0 atom stereocenters. The van der Waals surface area contributed by atoms with Gasteiger partial charge in [-0.25, -0.2) is 0 Å². The van der Waals surface area contributed by atoms with Gasteiger partial charge in [0, 0.05) is 19.5 Å². The normalized spacial score (nSPS) is 16.4. The Morgan fingerprint density at radius 1 is 1.16 bits per heavy atom. The molecule has 1 aliphatic heterocycles. The van der Waals surface area contributed by atoms with E-state index in [0.717, 1.165) is 16.7 Å². The van der Waals surface area contributed by atoms with Gasteiger partial charge in [-0.3, -0.25) is 14.3 Å². The molecule has 1 fully saturated rings. The van der Waals surface area contributed by atoms with Crippen LogP contribution in [0.2, 0.25) is 5.02 Å². The third kappa shape index (κ3) is 4.63. The maximum atomic E-state index is 13.0. The predicted octanol–water partition coefficient (Wildman–Crippen LogP) is 4.79. The third-order valence-corrected chi connectivity index (χ3v) is 6.45. The number of carbonyl (C=O) groups is 2. The van der Waals surface area contributed by atoms with Crippen molar-refractivity contribution in [1.82, 2.24) is 14.7 Å². The average Bonchev–Trinajstić information content (AvgIpc) is 3.03. The number of likely N-dealkylation sites (tertiary alicyclic amines) is 1. The van der Waals surface area contributed by atoms with Crippen LogP contribution in [0.25, 0.3) is 0 Å². The van der Waals surface area contributed by atoms with Crippen LogP contribution in [0.3, 0.4) is 0 Å². The first-order valence-corrected chi connectivity index (χ1v) is 10.6. The molecule has 1 amide bonds. The predicted molar refractivity (Wildman–Crippen MR) is 111 cm³/mol. The summed E-state index contributed by atoms with van der Waals surface area (Å²) in [6.07, 6.45) is -2.51. The molecule has 0 aliphatic carbocycles. The molecule has 9 heteroatoms. The van der Waals surface area contributed by atoms with Gasteiger partial charge in [0.2, 0.25) is 5.91 Å². The van der Waals surface area contributed by atoms with Crippen molar-refractivity contribution in [2.75, 3.05) is 13.1 Å². The van der Waals surface area contributed by atoms with Gasteiger partial charge in [0.25, 0.3) is 0 Å². The number of benzene rings is 1. The zero-order chi connectivity index (χ0) is 22.8. The van der Waals surface area contributed by atoms with E-state index < -0.39 is 22.3 Å². The Morgan fingerprint density at radius 3 is 2.29 bits per heavy atom. The Labute approximate surface area is 184 Å². The molecule has 31 heavy (non-hydrogen) atoms. The highest BCUT2D eigenvalue weighted by Crippen LogP contribution is 2.38. The van der Waals surface area contributed by atoms with Gasteiger partial charge in [0.1, 0.15) is 12.3 Å². The number of Topliss-reactive ketones (excluding diaryl/α,β-unsaturated/α-hetero) is 1. The first-order chi connectivity index (χ1) is 14.6. The number of hydrogen-bond acceptors (Lipinski definition) is 3. The molecule has 5 nitrogen and oxygen atoms in total. The molecule has 1 aliphatic rings. The Kier molecular flexibility index (Phi) is 6.79. The van der Waals surface area contributed by atoms with Crippen LogP contribution >= 0.6 is 11.6 Å². The highest BCUT2D eigenvalue weighted by molar-refractivity contribution is 6.32. The van der Waals surface area contributed by atoms with Gasteiger partial charge >= 0.3 is 6.18 Å². The summed E-state index contributed by atoms with van der Waals surface area (Å²) in [6.45, 7) is 3.73. The van der Waals surface area contributed by atoms with Gasteiger partial charge in [0.05, 0.1) is 16.1 Å². The molecule has 1 aromatic carbocycles. The zero-order valence-corrected chi connectivity index (χ0v) is 18.3. The van der Waals surface area contributed by atoms with Crippen LogP contribution in [0.5, 0.6) is 0 Å². The first-order valence-electron chi connectivity index (χ1n) is 10.3. The van der Waals surface area contributed by atoms with Crippen LogP contribution in [-0.2, 0) is 27.7 Å². The van der Waals surface area contributed by atoms with Crippen LogP contribution in [0.15, 0.2) is 30.3 Å². The number of aromatic nitrogens is 2. The molecule has 0 unspecified atom stereocenters. The van der Waals surface area contributed by atoms with Crippen LogP contribution in [-0.4, -0.2) is 39.5 Å². The van der Waals surface area contributed by atoms with Crippen LogP contribution in [0.4, 0.5) is 13.2 Å². The Balaban J connectivity index is 1.75. The summed E-state index contributed by atoms with van der Waals surface area (Å²) in [5, 5.41) is 3.01. The number of halogens is 4.